The molecule has 2 aromatic carbocycles. The number of hydrogen-bond acceptors (Lipinski definition) is 2. The molecular formula is C16H15BrClFO2. The van der Waals surface area contributed by atoms with Crippen LogP contribution < -0.4 is 9.47 Å². The summed E-state index contributed by atoms with van der Waals surface area (Å²) in [6.07, 6.45) is 0. The molecule has 112 valence electrons. The summed E-state index contributed by atoms with van der Waals surface area (Å²) in [5.74, 6) is 0.846. The third-order valence-corrected chi connectivity index (χ3v) is 4.24. The number of alkyl halides is 1. The second-order valence-corrected chi connectivity index (χ2v) is 5.94. The summed E-state index contributed by atoms with van der Waals surface area (Å²) in [4.78, 5) is 0. The molecule has 2 aromatic rings. The summed E-state index contributed by atoms with van der Waals surface area (Å²) in [5.41, 5.74) is 2.13. The van der Waals surface area contributed by atoms with E-state index in [2.05, 4.69) is 15.9 Å². The van der Waals surface area contributed by atoms with E-state index in [4.69, 9.17) is 21.1 Å². The maximum Gasteiger partial charge on any atom is 0.161 e. The van der Waals surface area contributed by atoms with Crippen molar-refractivity contribution in [3.05, 3.63) is 57.3 Å². The van der Waals surface area contributed by atoms with E-state index in [1.165, 1.54) is 6.07 Å². The molecule has 0 aliphatic carbocycles. The van der Waals surface area contributed by atoms with Crippen LogP contribution in [0.1, 0.15) is 22.1 Å². The maximum absolute atomic E-state index is 14.1. The minimum atomic E-state index is -0.599. The van der Waals surface area contributed by atoms with Gasteiger partial charge in [0.1, 0.15) is 5.82 Å². The van der Waals surface area contributed by atoms with Gasteiger partial charge in [-0.25, -0.2) is 4.39 Å². The highest BCUT2D eigenvalue weighted by atomic mass is 79.9. The summed E-state index contributed by atoms with van der Waals surface area (Å²) in [7, 11) is 3.13. The molecule has 1 unspecified atom stereocenters. The average Bonchev–Trinajstić information content (AvgIpc) is 2.46. The molecule has 0 N–H and O–H groups in total. The number of rotatable bonds is 4. The van der Waals surface area contributed by atoms with Gasteiger partial charge in [-0.2, -0.15) is 0 Å². The fourth-order valence-corrected chi connectivity index (χ4v) is 2.89. The molecule has 0 saturated carbocycles. The Bertz CT molecular complexity index is 661. The van der Waals surface area contributed by atoms with Crippen LogP contribution in [-0.4, -0.2) is 14.2 Å². The summed E-state index contributed by atoms with van der Waals surface area (Å²) in [6.45, 7) is 1.91. The molecular weight excluding hydrogens is 359 g/mol. The molecule has 0 aromatic heterocycles. The van der Waals surface area contributed by atoms with E-state index < -0.39 is 5.38 Å². The molecule has 5 heteroatoms. The zero-order chi connectivity index (χ0) is 15.6. The lowest BCUT2D eigenvalue weighted by Crippen LogP contribution is -2.01. The summed E-state index contributed by atoms with van der Waals surface area (Å²) in [5, 5.41) is -0.599. The van der Waals surface area contributed by atoms with E-state index in [0.29, 0.717) is 21.5 Å². The smallest absolute Gasteiger partial charge is 0.161 e. The van der Waals surface area contributed by atoms with Crippen molar-refractivity contribution in [2.45, 2.75) is 12.3 Å². The largest absolute Gasteiger partial charge is 0.493 e. The highest BCUT2D eigenvalue weighted by Gasteiger charge is 2.20. The summed E-state index contributed by atoms with van der Waals surface area (Å²) < 4.78 is 25.3. The SMILES string of the molecule is COc1cc(C)c(C(Cl)c2ccc(Br)cc2F)cc1OC. The van der Waals surface area contributed by atoms with Crippen molar-refractivity contribution in [2.75, 3.05) is 14.2 Å². The Kier molecular flexibility index (Phi) is 5.12. The normalized spacial score (nSPS) is 12.1. The van der Waals surface area contributed by atoms with E-state index in [1.54, 1.807) is 32.4 Å². The van der Waals surface area contributed by atoms with Gasteiger partial charge >= 0.3 is 0 Å². The van der Waals surface area contributed by atoms with E-state index in [1.807, 2.05) is 13.0 Å². The van der Waals surface area contributed by atoms with Gasteiger partial charge < -0.3 is 9.47 Å². The number of ether oxygens (including phenoxy) is 2. The van der Waals surface area contributed by atoms with Gasteiger partial charge in [-0.3, -0.25) is 0 Å². The third-order valence-electron chi connectivity index (χ3n) is 3.28. The monoisotopic (exact) mass is 372 g/mol. The summed E-state index contributed by atoms with van der Waals surface area (Å²) in [6, 6.07) is 8.46. The maximum atomic E-state index is 14.1. The second-order valence-electron chi connectivity index (χ2n) is 4.59. The molecule has 0 aliphatic rings. The van der Waals surface area contributed by atoms with Gasteiger partial charge in [0, 0.05) is 10.0 Å². The van der Waals surface area contributed by atoms with Gasteiger partial charge in [0.2, 0.25) is 0 Å². The standard InChI is InChI=1S/C16H15BrClFO2/c1-9-6-14(20-2)15(21-3)8-12(9)16(18)11-5-4-10(17)7-13(11)19/h4-8,16H,1-3H3. The fourth-order valence-electron chi connectivity index (χ4n) is 2.14. The topological polar surface area (TPSA) is 18.5 Å². The highest BCUT2D eigenvalue weighted by molar-refractivity contribution is 9.10. The second kappa shape index (κ2) is 6.67. The Balaban J connectivity index is 2.50. The quantitative estimate of drug-likeness (QED) is 0.682. The Labute approximate surface area is 137 Å². The zero-order valence-electron chi connectivity index (χ0n) is 11.9. The zero-order valence-corrected chi connectivity index (χ0v) is 14.3. The van der Waals surface area contributed by atoms with Gasteiger partial charge in [0.05, 0.1) is 19.6 Å². The van der Waals surface area contributed by atoms with Crippen molar-refractivity contribution in [3.63, 3.8) is 0 Å². The molecule has 0 radical (unpaired) electrons. The fraction of sp³-hybridized carbons (Fsp3) is 0.250. The molecule has 0 fully saturated rings. The number of aryl methyl sites for hydroxylation is 1. The Morgan fingerprint density at radius 2 is 1.67 bits per heavy atom. The Morgan fingerprint density at radius 3 is 2.24 bits per heavy atom. The minimum absolute atomic E-state index is 0.349. The third kappa shape index (κ3) is 3.33. The van der Waals surface area contributed by atoms with Crippen molar-refractivity contribution in [1.82, 2.24) is 0 Å². The first-order valence-corrected chi connectivity index (χ1v) is 7.52. The molecule has 0 aliphatic heterocycles. The van der Waals surface area contributed by atoms with Crippen LogP contribution in [-0.2, 0) is 0 Å². The first-order chi connectivity index (χ1) is 9.97. The lowest BCUT2D eigenvalue weighted by molar-refractivity contribution is 0.354. The van der Waals surface area contributed by atoms with Crippen molar-refractivity contribution in [1.29, 1.82) is 0 Å². The van der Waals surface area contributed by atoms with Crippen LogP contribution in [0.3, 0.4) is 0 Å². The lowest BCUT2D eigenvalue weighted by atomic mass is 9.99. The molecule has 0 bridgehead atoms. The van der Waals surface area contributed by atoms with E-state index in [9.17, 15) is 4.39 Å². The van der Waals surface area contributed by atoms with E-state index in [-0.39, 0.29) is 5.82 Å². The predicted octanol–water partition coefficient (Wildman–Crippen LogP) is 5.24. The first kappa shape index (κ1) is 16.1. The minimum Gasteiger partial charge on any atom is -0.493 e. The van der Waals surface area contributed by atoms with Crippen LogP contribution in [0.15, 0.2) is 34.8 Å². The van der Waals surface area contributed by atoms with Crippen molar-refractivity contribution >= 4 is 27.5 Å². The average molecular weight is 374 g/mol. The lowest BCUT2D eigenvalue weighted by Gasteiger charge is -2.17. The molecule has 0 amide bonds. The van der Waals surface area contributed by atoms with Gasteiger partial charge in [-0.05, 0) is 42.3 Å². The predicted molar refractivity (Wildman–Crippen MR) is 86.1 cm³/mol. The van der Waals surface area contributed by atoms with Crippen molar-refractivity contribution < 1.29 is 13.9 Å². The Hall–Kier alpha value is -1.26. The molecule has 0 heterocycles. The highest BCUT2D eigenvalue weighted by Crippen LogP contribution is 2.39. The van der Waals surface area contributed by atoms with Crippen LogP contribution in [0.5, 0.6) is 11.5 Å². The van der Waals surface area contributed by atoms with Crippen LogP contribution >= 0.6 is 27.5 Å². The molecule has 1 atom stereocenters. The van der Waals surface area contributed by atoms with E-state index >= 15 is 0 Å². The summed E-state index contributed by atoms with van der Waals surface area (Å²) >= 11 is 9.71. The van der Waals surface area contributed by atoms with Gasteiger partial charge in [0.25, 0.3) is 0 Å². The van der Waals surface area contributed by atoms with Crippen LogP contribution in [0.4, 0.5) is 4.39 Å². The molecule has 0 saturated heterocycles. The number of halogens is 3. The number of hydrogen-bond donors (Lipinski definition) is 0. The van der Waals surface area contributed by atoms with Crippen LogP contribution in [0.2, 0.25) is 0 Å². The van der Waals surface area contributed by atoms with E-state index in [0.717, 1.165) is 11.1 Å². The van der Waals surface area contributed by atoms with Gasteiger partial charge in [-0.15, -0.1) is 11.6 Å². The van der Waals surface area contributed by atoms with Gasteiger partial charge in [0.15, 0.2) is 11.5 Å². The molecule has 21 heavy (non-hydrogen) atoms. The molecule has 2 rings (SSSR count). The first-order valence-electron chi connectivity index (χ1n) is 6.29. The van der Waals surface area contributed by atoms with Gasteiger partial charge in [-0.1, -0.05) is 22.0 Å². The van der Waals surface area contributed by atoms with Crippen LogP contribution in [0, 0.1) is 12.7 Å². The number of methoxy groups -OCH3 is 2. The molecule has 0 spiro atoms. The number of benzene rings is 2. The van der Waals surface area contributed by atoms with Crippen molar-refractivity contribution in [2.24, 2.45) is 0 Å². The van der Waals surface area contributed by atoms with Crippen molar-refractivity contribution in [3.8, 4) is 11.5 Å². The van der Waals surface area contributed by atoms with Crippen LogP contribution in [0.25, 0.3) is 0 Å². The Morgan fingerprint density at radius 1 is 1.05 bits per heavy atom. The molecule has 2 nitrogen and oxygen atoms in total.